The summed E-state index contributed by atoms with van der Waals surface area (Å²) in [5.41, 5.74) is 5.59. The van der Waals surface area contributed by atoms with Crippen LogP contribution in [0.1, 0.15) is 96.9 Å². The first-order valence-corrected chi connectivity index (χ1v) is 22.2. The lowest BCUT2D eigenvalue weighted by Crippen LogP contribution is -2.61. The molecule has 378 valence electrons. The van der Waals surface area contributed by atoms with Gasteiger partial charge in [0.15, 0.2) is 0 Å². The molecule has 0 saturated carbocycles. The molecular formula is C47H57F2N7O14. The number of nitrogens with zero attached hydrogens (tertiary/aromatic N) is 4. The Balaban J connectivity index is 1.63. The first-order valence-electron chi connectivity index (χ1n) is 22.2. The second-order valence-electron chi connectivity index (χ2n) is 17.7. The van der Waals surface area contributed by atoms with Crippen molar-refractivity contribution in [2.24, 2.45) is 11.1 Å². The minimum absolute atomic E-state index is 0.110. The summed E-state index contributed by atoms with van der Waals surface area (Å²) < 4.78 is 31.5. The molecule has 23 heteroatoms. The molecule has 2 aromatic carbocycles. The number of halogens is 2. The Kier molecular flexibility index (Phi) is 19.0. The van der Waals surface area contributed by atoms with E-state index in [1.54, 1.807) is 61.9 Å². The number of aliphatic hydroxyl groups excluding tert-OH is 1. The quantitative estimate of drug-likeness (QED) is 0.0702. The van der Waals surface area contributed by atoms with E-state index < -0.39 is 133 Å². The number of hydrogen-bond acceptors (Lipinski definition) is 12. The van der Waals surface area contributed by atoms with Gasteiger partial charge >= 0.3 is 17.9 Å². The first kappa shape index (κ1) is 55.0. The van der Waals surface area contributed by atoms with E-state index in [1.807, 2.05) is 0 Å². The summed E-state index contributed by atoms with van der Waals surface area (Å²) in [7, 11) is 0. The van der Waals surface area contributed by atoms with Crippen molar-refractivity contribution in [1.29, 1.82) is 0 Å². The molecule has 0 aliphatic carbocycles. The maximum atomic E-state index is 15.3. The Labute approximate surface area is 400 Å². The number of carboxylic acid groups (broad SMARTS) is 2. The Morgan fingerprint density at radius 2 is 1.49 bits per heavy atom. The summed E-state index contributed by atoms with van der Waals surface area (Å²) in [5.74, 6) is -12.7. The number of carboxylic acids is 2. The molecule has 0 radical (unpaired) electrons. The highest BCUT2D eigenvalue weighted by Gasteiger charge is 2.44. The molecule has 21 nitrogen and oxygen atoms in total. The SMILES string of the molecule is C[C@H](NC(=O)CCCC(=O)ON1C(=O)CCC1=O)C(=O)N[C@@H](C)C(=O)N([C@@H](CCN(C(=O)CO)[C@@H](c1cc(-c2cc(F)ccc2F)cn1Cc1ccccc1)C(C)(C)C)C(=O)O)[C@@H](CC(N)=O)C(=O)O. The molecule has 4 rings (SSSR count). The van der Waals surface area contributed by atoms with Gasteiger partial charge in [-0.1, -0.05) is 51.1 Å². The molecule has 3 aromatic rings. The van der Waals surface area contributed by atoms with Crippen molar-refractivity contribution in [3.05, 3.63) is 83.7 Å². The van der Waals surface area contributed by atoms with Crippen molar-refractivity contribution >= 4 is 59.3 Å². The first-order chi connectivity index (χ1) is 32.8. The minimum atomic E-state index is -2.23. The van der Waals surface area contributed by atoms with Crippen LogP contribution in [0.4, 0.5) is 8.78 Å². The lowest BCUT2D eigenvalue weighted by molar-refractivity contribution is -0.197. The van der Waals surface area contributed by atoms with Gasteiger partial charge in [0.2, 0.25) is 29.5 Å². The van der Waals surface area contributed by atoms with Crippen molar-refractivity contribution in [1.82, 2.24) is 30.1 Å². The van der Waals surface area contributed by atoms with Gasteiger partial charge in [-0.2, -0.15) is 0 Å². The molecule has 1 aliphatic heterocycles. The van der Waals surface area contributed by atoms with Gasteiger partial charge in [-0.3, -0.25) is 33.6 Å². The van der Waals surface area contributed by atoms with Gasteiger partial charge < -0.3 is 50.9 Å². The van der Waals surface area contributed by atoms with E-state index >= 15 is 4.39 Å². The molecule has 2 heterocycles. The van der Waals surface area contributed by atoms with Crippen LogP contribution in [0.15, 0.2) is 60.8 Å². The molecule has 7 N–H and O–H groups in total. The zero-order valence-corrected chi connectivity index (χ0v) is 39.2. The zero-order valence-electron chi connectivity index (χ0n) is 39.2. The van der Waals surface area contributed by atoms with Crippen LogP contribution in [0, 0.1) is 17.0 Å². The van der Waals surface area contributed by atoms with E-state index in [-0.39, 0.29) is 49.8 Å². The number of aromatic nitrogens is 1. The standard InChI is InChI=1S/C47H57F2N7O14/c1-26(51-37(59)12-9-13-41(63)70-56-38(60)16-17-39(56)61)43(64)52-27(2)44(65)55(35(46(68)69)22-36(50)58)33(45(66)67)18-19-54(40(62)25-57)42(47(3,4)5)34-20-29(31-21-30(48)14-15-32(31)49)24-53(34)23-28-10-7-6-8-11-28/h6-8,10-11,14-15,20-21,24,26-27,33,35,42,57H,9,12-13,16-19,22-23,25H2,1-5H3,(H2,50,58)(H,51,59)(H,52,64)(H,66,67)(H,68,69)/t26-,27-,33-,35-,42-/m0/s1. The van der Waals surface area contributed by atoms with Gasteiger partial charge in [0, 0.05) is 61.8 Å². The fourth-order valence-corrected chi connectivity index (χ4v) is 7.96. The Morgan fingerprint density at radius 1 is 0.857 bits per heavy atom. The Hall–Kier alpha value is -7.56. The third-order valence-corrected chi connectivity index (χ3v) is 11.3. The number of primary amides is 1. The summed E-state index contributed by atoms with van der Waals surface area (Å²) in [6, 6.07) is 4.81. The molecule has 70 heavy (non-hydrogen) atoms. The smallest absolute Gasteiger partial charge is 0.333 e. The summed E-state index contributed by atoms with van der Waals surface area (Å²) >= 11 is 0. The highest BCUT2D eigenvalue weighted by molar-refractivity contribution is 6.01. The number of hydroxylamine groups is 2. The third kappa shape index (κ3) is 14.5. The molecule has 0 bridgehead atoms. The van der Waals surface area contributed by atoms with E-state index in [0.717, 1.165) is 35.6 Å². The summed E-state index contributed by atoms with van der Waals surface area (Å²) in [5, 5.41) is 36.3. The molecule has 5 atom stereocenters. The van der Waals surface area contributed by atoms with Gasteiger partial charge in [0.25, 0.3) is 11.8 Å². The van der Waals surface area contributed by atoms with E-state index in [9.17, 15) is 67.7 Å². The number of aliphatic hydroxyl groups is 1. The van der Waals surface area contributed by atoms with Crippen LogP contribution in [0.2, 0.25) is 0 Å². The number of aliphatic carboxylic acids is 2. The summed E-state index contributed by atoms with van der Waals surface area (Å²) in [6.45, 7) is 5.93. The zero-order chi connectivity index (χ0) is 52.2. The van der Waals surface area contributed by atoms with Crippen molar-refractivity contribution in [2.45, 2.75) is 116 Å². The predicted octanol–water partition coefficient (Wildman–Crippen LogP) is 2.18. The van der Waals surface area contributed by atoms with Crippen molar-refractivity contribution in [3.63, 3.8) is 0 Å². The minimum Gasteiger partial charge on any atom is -0.480 e. The molecular weight excluding hydrogens is 925 g/mol. The van der Waals surface area contributed by atoms with Gasteiger partial charge in [0.1, 0.15) is 42.4 Å². The van der Waals surface area contributed by atoms with Crippen LogP contribution >= 0.6 is 0 Å². The topological polar surface area (TPSA) is 305 Å². The van der Waals surface area contributed by atoms with Gasteiger partial charge in [-0.25, -0.2) is 23.2 Å². The van der Waals surface area contributed by atoms with Crippen LogP contribution in [-0.2, 0) is 59.3 Å². The number of imide groups is 1. The lowest BCUT2D eigenvalue weighted by atomic mass is 9.82. The highest BCUT2D eigenvalue weighted by Crippen LogP contribution is 2.41. The molecule has 1 saturated heterocycles. The average molecular weight is 982 g/mol. The number of benzene rings is 2. The van der Waals surface area contributed by atoms with E-state index in [2.05, 4.69) is 10.6 Å². The maximum absolute atomic E-state index is 15.3. The van der Waals surface area contributed by atoms with Crippen LogP contribution in [0.3, 0.4) is 0 Å². The number of carbonyl (C=O) groups excluding carboxylic acids is 8. The van der Waals surface area contributed by atoms with Crippen LogP contribution < -0.4 is 16.4 Å². The van der Waals surface area contributed by atoms with E-state index in [4.69, 9.17) is 10.6 Å². The second kappa shape index (κ2) is 24.1. The van der Waals surface area contributed by atoms with E-state index in [0.29, 0.717) is 15.7 Å². The fourth-order valence-electron chi connectivity index (χ4n) is 7.96. The number of carbonyl (C=O) groups is 10. The number of nitrogens with two attached hydrogens (primary N) is 1. The van der Waals surface area contributed by atoms with Crippen LogP contribution in [-0.4, -0.2) is 131 Å². The predicted molar refractivity (Wildman–Crippen MR) is 241 cm³/mol. The highest BCUT2D eigenvalue weighted by atomic mass is 19.1. The normalized spacial score (nSPS) is 14.7. The van der Waals surface area contributed by atoms with Gasteiger partial charge in [-0.15, -0.1) is 5.06 Å². The fraction of sp³-hybridized carbons (Fsp3) is 0.447. The molecule has 1 fully saturated rings. The lowest BCUT2D eigenvalue weighted by Gasteiger charge is -2.42. The average Bonchev–Trinajstić information content (AvgIpc) is 3.83. The second-order valence-corrected chi connectivity index (χ2v) is 17.7. The van der Waals surface area contributed by atoms with Gasteiger partial charge in [-0.05, 0) is 61.9 Å². The van der Waals surface area contributed by atoms with Crippen molar-refractivity contribution < 1.29 is 76.9 Å². The molecule has 0 spiro atoms. The number of hydrogen-bond donors (Lipinski definition) is 6. The Morgan fingerprint density at radius 3 is 2.06 bits per heavy atom. The number of nitrogens with one attached hydrogen (secondary N) is 2. The monoisotopic (exact) mass is 981 g/mol. The Bertz CT molecular complexity index is 2460. The number of amides is 7. The third-order valence-electron chi connectivity index (χ3n) is 11.3. The van der Waals surface area contributed by atoms with Crippen molar-refractivity contribution in [2.75, 3.05) is 13.2 Å². The summed E-state index contributed by atoms with van der Waals surface area (Å²) in [6.07, 6.45) is -1.34. The molecule has 1 aromatic heterocycles. The largest absolute Gasteiger partial charge is 0.480 e. The number of rotatable bonds is 24. The van der Waals surface area contributed by atoms with Gasteiger partial charge in [0.05, 0.1) is 12.5 Å². The maximum Gasteiger partial charge on any atom is 0.333 e. The molecule has 1 aliphatic rings. The molecule has 0 unspecified atom stereocenters. The van der Waals surface area contributed by atoms with Crippen LogP contribution in [0.5, 0.6) is 0 Å². The van der Waals surface area contributed by atoms with Crippen molar-refractivity contribution in [3.8, 4) is 11.1 Å². The molecule has 7 amide bonds. The van der Waals surface area contributed by atoms with E-state index in [1.165, 1.54) is 13.0 Å². The van der Waals surface area contributed by atoms with Crippen LogP contribution in [0.25, 0.3) is 11.1 Å². The summed E-state index contributed by atoms with van der Waals surface area (Å²) in [4.78, 5) is 134.